The fraction of sp³-hybridized carbons (Fsp3) is 0.455. The van der Waals surface area contributed by atoms with Gasteiger partial charge in [0.05, 0.1) is 12.5 Å². The molecule has 1 aliphatic rings. The van der Waals surface area contributed by atoms with E-state index in [-0.39, 0.29) is 30.8 Å². The number of ether oxygens (including phenoxy) is 4. The Morgan fingerprint density at radius 2 is 1.94 bits per heavy atom. The van der Waals surface area contributed by atoms with E-state index in [4.69, 9.17) is 18.9 Å². The molecule has 1 saturated heterocycles. The molecule has 0 bridgehead atoms. The molecule has 1 aromatic heterocycles. The first-order valence-corrected chi connectivity index (χ1v) is 11.6. The first-order chi connectivity index (χ1) is 15.9. The predicted octanol–water partition coefficient (Wildman–Crippen LogP) is 1.19. The molecule has 11 heteroatoms. The van der Waals surface area contributed by atoms with E-state index in [1.165, 1.54) is 48.7 Å². The number of carbonyl (C=O) groups is 2. The van der Waals surface area contributed by atoms with Gasteiger partial charge in [0.1, 0.15) is 25.0 Å². The molecule has 2 aromatic rings. The summed E-state index contributed by atoms with van der Waals surface area (Å²) in [4.78, 5) is 50.8. The van der Waals surface area contributed by atoms with E-state index in [1.807, 2.05) is 6.26 Å². The van der Waals surface area contributed by atoms with Crippen LogP contribution in [-0.2, 0) is 23.7 Å². The molecule has 0 unspecified atom stereocenters. The van der Waals surface area contributed by atoms with Crippen LogP contribution in [0.4, 0.5) is 0 Å². The van der Waals surface area contributed by atoms with E-state index in [0.717, 1.165) is 0 Å². The van der Waals surface area contributed by atoms with E-state index < -0.39 is 41.6 Å². The van der Waals surface area contributed by atoms with Crippen molar-refractivity contribution < 1.29 is 28.5 Å². The van der Waals surface area contributed by atoms with Gasteiger partial charge in [-0.1, -0.05) is 18.2 Å². The molecule has 178 valence electrons. The van der Waals surface area contributed by atoms with Crippen molar-refractivity contribution in [2.45, 2.75) is 31.8 Å². The Labute approximate surface area is 194 Å². The van der Waals surface area contributed by atoms with Gasteiger partial charge in [-0.05, 0) is 25.3 Å². The van der Waals surface area contributed by atoms with Crippen LogP contribution in [0.15, 0.2) is 46.1 Å². The second-order valence-electron chi connectivity index (χ2n) is 7.42. The fourth-order valence-corrected chi connectivity index (χ4v) is 3.77. The Balaban J connectivity index is 1.93. The first kappa shape index (κ1) is 24.9. The third kappa shape index (κ3) is 5.80. The molecule has 0 spiro atoms. The molecular weight excluding hydrogens is 452 g/mol. The normalized spacial score (nSPS) is 20.0. The second kappa shape index (κ2) is 11.4. The van der Waals surface area contributed by atoms with Gasteiger partial charge in [-0.25, -0.2) is 9.59 Å². The van der Waals surface area contributed by atoms with Crippen LogP contribution in [0.2, 0.25) is 0 Å². The summed E-state index contributed by atoms with van der Waals surface area (Å²) in [6, 6.07) is 8.06. The van der Waals surface area contributed by atoms with Crippen molar-refractivity contribution in [2.75, 3.05) is 32.5 Å². The predicted molar refractivity (Wildman–Crippen MR) is 120 cm³/mol. The van der Waals surface area contributed by atoms with Gasteiger partial charge >= 0.3 is 11.7 Å². The molecule has 1 aliphatic heterocycles. The zero-order chi connectivity index (χ0) is 24.0. The summed E-state index contributed by atoms with van der Waals surface area (Å²) in [6.07, 6.45) is 1.17. The van der Waals surface area contributed by atoms with E-state index in [2.05, 4.69) is 0 Å². The molecule has 0 radical (unpaired) electrons. The van der Waals surface area contributed by atoms with Crippen LogP contribution in [0.1, 0.15) is 28.6 Å². The highest BCUT2D eigenvalue weighted by atomic mass is 32.2. The summed E-state index contributed by atoms with van der Waals surface area (Å²) in [6.45, 7) is 1.42. The number of benzene rings is 1. The summed E-state index contributed by atoms with van der Waals surface area (Å²) < 4.78 is 23.6. The van der Waals surface area contributed by atoms with E-state index in [0.29, 0.717) is 10.5 Å². The van der Waals surface area contributed by atoms with Crippen molar-refractivity contribution in [3.8, 4) is 0 Å². The fourth-order valence-electron chi connectivity index (χ4n) is 3.51. The third-order valence-electron chi connectivity index (χ3n) is 5.03. The maximum absolute atomic E-state index is 13.2. The van der Waals surface area contributed by atoms with Crippen molar-refractivity contribution >= 4 is 23.6 Å². The highest BCUT2D eigenvalue weighted by molar-refractivity contribution is 7.98. The largest absolute Gasteiger partial charge is 0.458 e. The van der Waals surface area contributed by atoms with E-state index in [1.54, 1.807) is 18.2 Å². The van der Waals surface area contributed by atoms with Crippen molar-refractivity contribution in [3.63, 3.8) is 0 Å². The Morgan fingerprint density at radius 3 is 2.61 bits per heavy atom. The summed E-state index contributed by atoms with van der Waals surface area (Å²) >= 11 is 1.48. The van der Waals surface area contributed by atoms with Gasteiger partial charge in [0.25, 0.3) is 11.5 Å². The Hall–Kier alpha value is -2.73. The van der Waals surface area contributed by atoms with Gasteiger partial charge in [0.15, 0.2) is 0 Å². The number of carbonyl (C=O) groups excluding carboxylic acids is 2. The summed E-state index contributed by atoms with van der Waals surface area (Å²) in [5, 5.41) is 0. The Bertz CT molecular complexity index is 1100. The maximum atomic E-state index is 13.2. The topological polar surface area (TPSA) is 115 Å². The molecule has 33 heavy (non-hydrogen) atoms. The highest BCUT2D eigenvalue weighted by Gasteiger charge is 2.40. The number of thioether (sulfide) groups is 1. The van der Waals surface area contributed by atoms with Crippen molar-refractivity contribution in [2.24, 2.45) is 0 Å². The van der Waals surface area contributed by atoms with Gasteiger partial charge in [-0.2, -0.15) is 4.57 Å². The van der Waals surface area contributed by atoms with E-state index >= 15 is 0 Å². The molecule has 0 saturated carbocycles. The lowest BCUT2D eigenvalue weighted by Crippen LogP contribution is -2.45. The molecule has 3 rings (SSSR count). The number of hydrogen-bond donors (Lipinski definition) is 0. The Kier molecular flexibility index (Phi) is 8.61. The van der Waals surface area contributed by atoms with Crippen molar-refractivity contribution in [3.05, 3.63) is 68.5 Å². The minimum absolute atomic E-state index is 0.137. The van der Waals surface area contributed by atoms with Gasteiger partial charge in [-0.15, -0.1) is 11.8 Å². The summed E-state index contributed by atoms with van der Waals surface area (Å²) in [5.74, 6) is -0.892. The highest BCUT2D eigenvalue weighted by Crippen LogP contribution is 2.30. The molecule has 2 heterocycles. The summed E-state index contributed by atoms with van der Waals surface area (Å²) in [5.41, 5.74) is -1.14. The van der Waals surface area contributed by atoms with Crippen molar-refractivity contribution in [1.82, 2.24) is 9.13 Å². The lowest BCUT2D eigenvalue weighted by Gasteiger charge is -2.19. The number of aryl methyl sites for hydroxylation is 1. The summed E-state index contributed by atoms with van der Waals surface area (Å²) in [7, 11) is 1.38. The van der Waals surface area contributed by atoms with Crippen molar-refractivity contribution in [1.29, 1.82) is 0 Å². The minimum atomic E-state index is -0.866. The van der Waals surface area contributed by atoms with Gasteiger partial charge in [0, 0.05) is 30.9 Å². The van der Waals surface area contributed by atoms with Crippen LogP contribution in [0.25, 0.3) is 0 Å². The van der Waals surface area contributed by atoms with Gasteiger partial charge < -0.3 is 18.9 Å². The maximum Gasteiger partial charge on any atom is 0.340 e. The zero-order valence-electron chi connectivity index (χ0n) is 18.6. The number of esters is 1. The number of aromatic nitrogens is 2. The molecule has 3 atom stereocenters. The number of rotatable bonds is 9. The first-order valence-electron chi connectivity index (χ1n) is 10.2. The molecule has 10 nitrogen and oxygen atoms in total. The van der Waals surface area contributed by atoms with Crippen LogP contribution in [0, 0.1) is 6.92 Å². The minimum Gasteiger partial charge on any atom is -0.458 e. The molecule has 0 amide bonds. The number of hydrogen-bond acceptors (Lipinski definition) is 9. The van der Waals surface area contributed by atoms with Gasteiger partial charge in [-0.3, -0.25) is 14.2 Å². The van der Waals surface area contributed by atoms with Gasteiger partial charge in [0.2, 0.25) is 0 Å². The average Bonchev–Trinajstić information content (AvgIpc) is 3.19. The second-order valence-corrected chi connectivity index (χ2v) is 8.23. The number of nitrogens with zero attached hydrogens (tertiary/aromatic N) is 2. The molecule has 1 aromatic carbocycles. The molecule has 1 fully saturated rings. The quantitative estimate of drug-likeness (QED) is 0.298. The van der Waals surface area contributed by atoms with Crippen LogP contribution < -0.4 is 11.2 Å². The van der Waals surface area contributed by atoms with Crippen LogP contribution >= 0.6 is 11.8 Å². The zero-order valence-corrected chi connectivity index (χ0v) is 19.4. The van der Waals surface area contributed by atoms with Crippen LogP contribution in [0.3, 0.4) is 0 Å². The SMILES string of the molecule is COCC(=O)O[C@H]1C[C@H](n2cc(C)c(=O)n(C(=O)c3ccccc3)c2=O)O[C@@H]1COCSC. The average molecular weight is 479 g/mol. The lowest BCUT2D eigenvalue weighted by atomic mass is 10.2. The third-order valence-corrected chi connectivity index (χ3v) is 5.43. The monoisotopic (exact) mass is 478 g/mol. The Morgan fingerprint density at radius 1 is 1.21 bits per heavy atom. The van der Waals surface area contributed by atoms with E-state index in [9.17, 15) is 19.2 Å². The molecule has 0 aliphatic carbocycles. The smallest absolute Gasteiger partial charge is 0.340 e. The standard InChI is InChI=1S/C22H26N2O8S/c1-14-10-23(22(28)24(20(14)26)21(27)15-7-5-4-6-8-15)18-9-16(32-19(25)12-29-2)17(31-18)11-30-13-33-3/h4-8,10,16-18H,9,11-13H2,1-3H3/t16-,17+,18+/m0/s1. The van der Waals surface area contributed by atoms with Crippen LogP contribution in [-0.4, -0.2) is 65.7 Å². The number of methoxy groups -OCH3 is 1. The van der Waals surface area contributed by atoms with Crippen LogP contribution in [0.5, 0.6) is 0 Å². The lowest BCUT2D eigenvalue weighted by molar-refractivity contribution is -0.157. The molecule has 0 N–H and O–H groups in total. The molecular formula is C22H26N2O8S.